The zero-order valence-electron chi connectivity index (χ0n) is 12.5. The summed E-state index contributed by atoms with van der Waals surface area (Å²) in [5.41, 5.74) is 0.917. The number of aliphatic hydroxyl groups is 1. The molecule has 118 valence electrons. The highest BCUT2D eigenvalue weighted by Gasteiger charge is 2.16. The first-order chi connectivity index (χ1) is 10.5. The number of hydrogen-bond acceptors (Lipinski definition) is 3. The molecule has 4 nitrogen and oxygen atoms in total. The molecule has 1 aromatic heterocycles. The Bertz CT molecular complexity index is 580. The molecule has 1 amide bonds. The van der Waals surface area contributed by atoms with E-state index in [1.807, 2.05) is 6.92 Å². The molecule has 0 fully saturated rings. The average Bonchev–Trinajstić information content (AvgIpc) is 3.01. The van der Waals surface area contributed by atoms with Crippen molar-refractivity contribution in [2.24, 2.45) is 0 Å². The minimum atomic E-state index is -0.734. The lowest BCUT2D eigenvalue weighted by molar-refractivity contribution is -0.121. The number of benzene rings is 1. The van der Waals surface area contributed by atoms with Gasteiger partial charge in [-0.1, -0.05) is 12.1 Å². The highest BCUT2D eigenvalue weighted by molar-refractivity contribution is 5.76. The molecule has 22 heavy (non-hydrogen) atoms. The Morgan fingerprint density at radius 2 is 2.05 bits per heavy atom. The van der Waals surface area contributed by atoms with Gasteiger partial charge in [-0.2, -0.15) is 0 Å². The molecule has 0 saturated heterocycles. The van der Waals surface area contributed by atoms with E-state index < -0.39 is 6.10 Å². The largest absolute Gasteiger partial charge is 0.467 e. The summed E-state index contributed by atoms with van der Waals surface area (Å²) in [5, 5.41) is 12.8. The fraction of sp³-hybridized carbons (Fsp3) is 0.353. The Morgan fingerprint density at radius 3 is 2.68 bits per heavy atom. The maximum absolute atomic E-state index is 12.8. The number of rotatable bonds is 7. The van der Waals surface area contributed by atoms with Crippen LogP contribution in [0, 0.1) is 5.82 Å². The molecule has 0 bridgehead atoms. The normalized spacial score (nSPS) is 13.6. The second kappa shape index (κ2) is 7.75. The molecule has 0 saturated carbocycles. The number of carbonyl (C=O) groups is 1. The zero-order valence-corrected chi connectivity index (χ0v) is 12.5. The van der Waals surface area contributed by atoms with E-state index in [9.17, 15) is 14.3 Å². The number of furan rings is 1. The van der Waals surface area contributed by atoms with Gasteiger partial charge < -0.3 is 14.8 Å². The molecule has 2 N–H and O–H groups in total. The summed E-state index contributed by atoms with van der Waals surface area (Å²) in [6.07, 6.45) is 2.04. The number of aryl methyl sites for hydroxylation is 1. The number of halogens is 1. The summed E-state index contributed by atoms with van der Waals surface area (Å²) in [5.74, 6) is 0.115. The third kappa shape index (κ3) is 5.00. The van der Waals surface area contributed by atoms with Crippen LogP contribution < -0.4 is 5.32 Å². The lowest BCUT2D eigenvalue weighted by Gasteiger charge is -2.16. The van der Waals surface area contributed by atoms with E-state index in [-0.39, 0.29) is 17.8 Å². The summed E-state index contributed by atoms with van der Waals surface area (Å²) < 4.78 is 17.9. The predicted molar refractivity (Wildman–Crippen MR) is 80.6 cm³/mol. The van der Waals surface area contributed by atoms with Crippen molar-refractivity contribution < 1.29 is 18.7 Å². The van der Waals surface area contributed by atoms with E-state index in [2.05, 4.69) is 5.32 Å². The molecule has 0 aliphatic carbocycles. The Morgan fingerprint density at radius 1 is 1.32 bits per heavy atom. The number of hydrogen-bond donors (Lipinski definition) is 2. The first kappa shape index (κ1) is 16.2. The molecule has 2 atom stereocenters. The fourth-order valence-electron chi connectivity index (χ4n) is 2.25. The van der Waals surface area contributed by atoms with Crippen molar-refractivity contribution in [2.75, 3.05) is 0 Å². The Balaban J connectivity index is 1.73. The minimum absolute atomic E-state index is 0.0940. The van der Waals surface area contributed by atoms with Gasteiger partial charge in [0.05, 0.1) is 6.26 Å². The Hall–Kier alpha value is -2.14. The summed E-state index contributed by atoms with van der Waals surface area (Å²) >= 11 is 0. The molecular weight excluding hydrogens is 285 g/mol. The van der Waals surface area contributed by atoms with Crippen molar-refractivity contribution >= 4 is 5.91 Å². The molecule has 0 aliphatic heterocycles. The predicted octanol–water partition coefficient (Wildman–Crippen LogP) is 2.98. The standard InChI is InChI=1S/C17H20FNO3/c1-12(11-15(20)16-3-2-10-22-16)19-17(21)9-6-13-4-7-14(18)8-5-13/h2-5,7-8,10,12,15,20H,6,9,11H2,1H3,(H,19,21). The van der Waals surface area contributed by atoms with Gasteiger partial charge >= 0.3 is 0 Å². The van der Waals surface area contributed by atoms with E-state index in [0.29, 0.717) is 25.0 Å². The van der Waals surface area contributed by atoms with Crippen molar-refractivity contribution in [2.45, 2.75) is 38.3 Å². The summed E-state index contributed by atoms with van der Waals surface area (Å²) in [4.78, 5) is 11.9. The van der Waals surface area contributed by atoms with Crippen LogP contribution in [0.15, 0.2) is 47.1 Å². The van der Waals surface area contributed by atoms with Crippen LogP contribution in [0.3, 0.4) is 0 Å². The lowest BCUT2D eigenvalue weighted by atomic mass is 10.1. The van der Waals surface area contributed by atoms with E-state index >= 15 is 0 Å². The van der Waals surface area contributed by atoms with E-state index in [1.165, 1.54) is 18.4 Å². The molecule has 2 unspecified atom stereocenters. The molecule has 2 rings (SSSR count). The van der Waals surface area contributed by atoms with Crippen molar-refractivity contribution in [1.82, 2.24) is 5.32 Å². The average molecular weight is 305 g/mol. The number of amides is 1. The van der Waals surface area contributed by atoms with Crippen LogP contribution in [0.1, 0.15) is 37.2 Å². The quantitative estimate of drug-likeness (QED) is 0.826. The molecular formula is C17H20FNO3. The van der Waals surface area contributed by atoms with E-state index in [1.54, 1.807) is 24.3 Å². The number of nitrogens with one attached hydrogen (secondary N) is 1. The van der Waals surface area contributed by atoms with Crippen LogP contribution in [-0.4, -0.2) is 17.1 Å². The third-order valence-corrected chi connectivity index (χ3v) is 3.41. The lowest BCUT2D eigenvalue weighted by Crippen LogP contribution is -2.33. The van der Waals surface area contributed by atoms with Gasteiger partial charge in [0, 0.05) is 18.9 Å². The van der Waals surface area contributed by atoms with Crippen LogP contribution >= 0.6 is 0 Å². The maximum atomic E-state index is 12.8. The summed E-state index contributed by atoms with van der Waals surface area (Å²) in [6.45, 7) is 1.84. The first-order valence-electron chi connectivity index (χ1n) is 7.30. The number of carbonyl (C=O) groups excluding carboxylic acids is 1. The maximum Gasteiger partial charge on any atom is 0.220 e. The van der Waals surface area contributed by atoms with Gasteiger partial charge in [-0.3, -0.25) is 4.79 Å². The Kier molecular flexibility index (Phi) is 5.72. The summed E-state index contributed by atoms with van der Waals surface area (Å²) in [7, 11) is 0. The van der Waals surface area contributed by atoms with Crippen LogP contribution in [0.2, 0.25) is 0 Å². The van der Waals surface area contributed by atoms with Crippen molar-refractivity contribution in [3.8, 4) is 0 Å². The topological polar surface area (TPSA) is 62.5 Å². The van der Waals surface area contributed by atoms with E-state index in [4.69, 9.17) is 4.42 Å². The van der Waals surface area contributed by atoms with Gasteiger partial charge in [0.25, 0.3) is 0 Å². The fourth-order valence-corrected chi connectivity index (χ4v) is 2.25. The van der Waals surface area contributed by atoms with Crippen molar-refractivity contribution in [3.63, 3.8) is 0 Å². The molecule has 0 radical (unpaired) electrons. The van der Waals surface area contributed by atoms with Crippen LogP contribution in [0.4, 0.5) is 4.39 Å². The molecule has 5 heteroatoms. The smallest absolute Gasteiger partial charge is 0.220 e. The Labute approximate surface area is 129 Å². The van der Waals surface area contributed by atoms with Gasteiger partial charge in [0.2, 0.25) is 5.91 Å². The monoisotopic (exact) mass is 305 g/mol. The first-order valence-corrected chi connectivity index (χ1v) is 7.30. The second-order valence-corrected chi connectivity index (χ2v) is 5.36. The van der Waals surface area contributed by atoms with Crippen LogP contribution in [-0.2, 0) is 11.2 Å². The molecule has 0 aliphatic rings. The zero-order chi connectivity index (χ0) is 15.9. The minimum Gasteiger partial charge on any atom is -0.467 e. The third-order valence-electron chi connectivity index (χ3n) is 3.41. The van der Waals surface area contributed by atoms with Gasteiger partial charge in [-0.05, 0) is 43.2 Å². The van der Waals surface area contributed by atoms with Gasteiger partial charge in [-0.15, -0.1) is 0 Å². The van der Waals surface area contributed by atoms with Gasteiger partial charge in [-0.25, -0.2) is 4.39 Å². The van der Waals surface area contributed by atoms with Crippen molar-refractivity contribution in [3.05, 3.63) is 59.8 Å². The highest BCUT2D eigenvalue weighted by atomic mass is 19.1. The summed E-state index contributed by atoms with van der Waals surface area (Å²) in [6, 6.07) is 9.36. The SMILES string of the molecule is CC(CC(O)c1ccco1)NC(=O)CCc1ccc(F)cc1. The van der Waals surface area contributed by atoms with Gasteiger partial charge in [0.1, 0.15) is 17.7 Å². The second-order valence-electron chi connectivity index (χ2n) is 5.36. The molecule has 0 spiro atoms. The molecule has 1 aromatic carbocycles. The molecule has 2 aromatic rings. The van der Waals surface area contributed by atoms with Crippen molar-refractivity contribution in [1.29, 1.82) is 0 Å². The van der Waals surface area contributed by atoms with Crippen LogP contribution in [0.5, 0.6) is 0 Å². The van der Waals surface area contributed by atoms with E-state index in [0.717, 1.165) is 5.56 Å². The van der Waals surface area contributed by atoms with Gasteiger partial charge in [0.15, 0.2) is 0 Å². The molecule has 1 heterocycles. The van der Waals surface area contributed by atoms with Crippen LogP contribution in [0.25, 0.3) is 0 Å². The number of aliphatic hydroxyl groups excluding tert-OH is 1. The highest BCUT2D eigenvalue weighted by Crippen LogP contribution is 2.18.